The van der Waals surface area contributed by atoms with Gasteiger partial charge in [0.15, 0.2) is 5.84 Å². The van der Waals surface area contributed by atoms with Crippen LogP contribution in [0, 0.1) is 0 Å². The molecule has 0 radical (unpaired) electrons. The van der Waals surface area contributed by atoms with Gasteiger partial charge in [0.25, 0.3) is 0 Å². The van der Waals surface area contributed by atoms with E-state index < -0.39 is 0 Å². The van der Waals surface area contributed by atoms with Gasteiger partial charge in [-0.25, -0.2) is 0 Å². The molecule has 0 aliphatic heterocycles. The molecule has 2 aromatic carbocycles. The lowest BCUT2D eigenvalue weighted by molar-refractivity contribution is 0.318. The van der Waals surface area contributed by atoms with Crippen LogP contribution in [-0.4, -0.2) is 15.6 Å². The number of hydrogen-bond acceptors (Lipinski definition) is 2. The Morgan fingerprint density at radius 2 is 2.00 bits per heavy atom. The van der Waals surface area contributed by atoms with Crippen LogP contribution in [0.3, 0.4) is 0 Å². The largest absolute Gasteiger partial charge is 0.409 e. The van der Waals surface area contributed by atoms with Crippen molar-refractivity contribution in [1.82, 2.24) is 4.57 Å². The highest BCUT2D eigenvalue weighted by molar-refractivity contribution is 9.10. The molecule has 0 fully saturated rings. The molecule has 1 aromatic heterocycles. The molecule has 0 atom stereocenters. The number of fused-ring (bicyclic) bond motifs is 1. The second-order valence-electron chi connectivity index (χ2n) is 4.79. The van der Waals surface area contributed by atoms with Gasteiger partial charge in [0.05, 0.1) is 0 Å². The van der Waals surface area contributed by atoms with Crippen LogP contribution in [0.5, 0.6) is 0 Å². The van der Waals surface area contributed by atoms with E-state index in [0.29, 0.717) is 5.56 Å². The van der Waals surface area contributed by atoms with Crippen LogP contribution in [0.1, 0.15) is 11.1 Å². The molecule has 4 nitrogen and oxygen atoms in total. The highest BCUT2D eigenvalue weighted by Gasteiger charge is 2.07. The first-order valence-electron chi connectivity index (χ1n) is 6.49. The molecule has 0 spiro atoms. The summed E-state index contributed by atoms with van der Waals surface area (Å²) in [6.07, 6.45) is 2.04. The van der Waals surface area contributed by atoms with Crippen molar-refractivity contribution >= 4 is 32.7 Å². The van der Waals surface area contributed by atoms with Crippen molar-refractivity contribution in [3.63, 3.8) is 0 Å². The Hall–Kier alpha value is -2.27. The van der Waals surface area contributed by atoms with Gasteiger partial charge in [-0.2, -0.15) is 0 Å². The maximum Gasteiger partial charge on any atom is 0.170 e. The zero-order chi connectivity index (χ0) is 14.8. The first-order chi connectivity index (χ1) is 10.2. The van der Waals surface area contributed by atoms with Crippen molar-refractivity contribution in [2.75, 3.05) is 0 Å². The Morgan fingerprint density at radius 3 is 2.76 bits per heavy atom. The summed E-state index contributed by atoms with van der Waals surface area (Å²) in [4.78, 5) is 0. The van der Waals surface area contributed by atoms with Crippen LogP contribution < -0.4 is 5.73 Å². The maximum atomic E-state index is 8.80. The maximum absolute atomic E-state index is 8.80. The van der Waals surface area contributed by atoms with Gasteiger partial charge in [-0.05, 0) is 29.1 Å². The van der Waals surface area contributed by atoms with E-state index in [1.807, 2.05) is 42.6 Å². The first kappa shape index (κ1) is 13.7. The van der Waals surface area contributed by atoms with E-state index in [0.717, 1.165) is 21.9 Å². The number of hydrogen-bond donors (Lipinski definition) is 2. The lowest BCUT2D eigenvalue weighted by Gasteiger charge is -2.08. The van der Waals surface area contributed by atoms with E-state index in [2.05, 4.69) is 37.8 Å². The molecular weight excluding hydrogens is 330 g/mol. The second-order valence-corrected chi connectivity index (χ2v) is 5.65. The molecule has 106 valence electrons. The molecule has 0 saturated heterocycles. The molecule has 0 saturated carbocycles. The summed E-state index contributed by atoms with van der Waals surface area (Å²) < 4.78 is 3.23. The number of oxime groups is 1. The summed E-state index contributed by atoms with van der Waals surface area (Å²) in [7, 11) is 0. The van der Waals surface area contributed by atoms with Gasteiger partial charge in [-0.15, -0.1) is 0 Å². The molecular formula is C16H14BrN3O. The van der Waals surface area contributed by atoms with E-state index in [4.69, 9.17) is 10.9 Å². The molecule has 0 aliphatic carbocycles. The Morgan fingerprint density at radius 1 is 1.19 bits per heavy atom. The van der Waals surface area contributed by atoms with Crippen molar-refractivity contribution in [3.05, 3.63) is 70.3 Å². The van der Waals surface area contributed by atoms with Gasteiger partial charge in [0, 0.05) is 28.3 Å². The van der Waals surface area contributed by atoms with Crippen molar-refractivity contribution in [2.45, 2.75) is 6.54 Å². The minimum absolute atomic E-state index is 0.116. The third-order valence-electron chi connectivity index (χ3n) is 3.48. The van der Waals surface area contributed by atoms with Crippen molar-refractivity contribution < 1.29 is 5.21 Å². The predicted octanol–water partition coefficient (Wildman–Crippen LogP) is 3.55. The van der Waals surface area contributed by atoms with Gasteiger partial charge >= 0.3 is 0 Å². The van der Waals surface area contributed by atoms with Crippen LogP contribution in [0.25, 0.3) is 10.9 Å². The minimum atomic E-state index is 0.116. The van der Waals surface area contributed by atoms with E-state index >= 15 is 0 Å². The Kier molecular flexibility index (Phi) is 3.66. The fourth-order valence-corrected chi connectivity index (χ4v) is 2.76. The van der Waals surface area contributed by atoms with Crippen LogP contribution in [0.15, 0.2) is 64.4 Å². The molecule has 0 aliphatic rings. The van der Waals surface area contributed by atoms with Gasteiger partial charge < -0.3 is 15.5 Å². The van der Waals surface area contributed by atoms with E-state index in [-0.39, 0.29) is 5.84 Å². The molecule has 1 heterocycles. The Labute approximate surface area is 130 Å². The smallest absolute Gasteiger partial charge is 0.170 e. The number of nitrogens with zero attached hydrogens (tertiary/aromatic N) is 2. The van der Waals surface area contributed by atoms with E-state index in [1.54, 1.807) is 0 Å². The van der Waals surface area contributed by atoms with Crippen LogP contribution >= 0.6 is 15.9 Å². The number of nitrogens with two attached hydrogens (primary N) is 1. The summed E-state index contributed by atoms with van der Waals surface area (Å²) in [6.45, 7) is 0.755. The fourth-order valence-electron chi connectivity index (χ4n) is 2.35. The fraction of sp³-hybridized carbons (Fsp3) is 0.0625. The summed E-state index contributed by atoms with van der Waals surface area (Å²) >= 11 is 3.57. The molecule has 5 heteroatoms. The quantitative estimate of drug-likeness (QED) is 0.330. The topological polar surface area (TPSA) is 63.5 Å². The van der Waals surface area contributed by atoms with Crippen LogP contribution in [0.4, 0.5) is 0 Å². The van der Waals surface area contributed by atoms with Crippen LogP contribution in [-0.2, 0) is 6.54 Å². The second kappa shape index (κ2) is 5.61. The summed E-state index contributed by atoms with van der Waals surface area (Å²) in [5, 5.41) is 13.0. The number of benzene rings is 2. The van der Waals surface area contributed by atoms with Crippen molar-refractivity contribution in [2.24, 2.45) is 10.9 Å². The molecule has 3 rings (SSSR count). The highest BCUT2D eigenvalue weighted by atomic mass is 79.9. The molecule has 0 amide bonds. The van der Waals surface area contributed by atoms with Gasteiger partial charge in [0.1, 0.15) is 0 Å². The van der Waals surface area contributed by atoms with Crippen molar-refractivity contribution in [3.8, 4) is 0 Å². The SMILES string of the molecule is N/C(=N/O)c1ccc2ccn(Cc3ccccc3Br)c2c1. The van der Waals surface area contributed by atoms with Crippen molar-refractivity contribution in [1.29, 1.82) is 0 Å². The number of rotatable bonds is 3. The van der Waals surface area contributed by atoms with E-state index in [1.165, 1.54) is 5.56 Å². The lowest BCUT2D eigenvalue weighted by atomic mass is 10.1. The normalized spacial score (nSPS) is 12.0. The standard InChI is InChI=1S/C16H14BrN3O/c17-14-4-2-1-3-13(14)10-20-8-7-11-5-6-12(9-15(11)20)16(18)19-21/h1-9,21H,10H2,(H2,18,19). The van der Waals surface area contributed by atoms with Gasteiger partial charge in [-0.1, -0.05) is 51.4 Å². The number of aromatic nitrogens is 1. The first-order valence-corrected chi connectivity index (χ1v) is 7.28. The van der Waals surface area contributed by atoms with E-state index in [9.17, 15) is 0 Å². The number of amidine groups is 1. The summed E-state index contributed by atoms with van der Waals surface area (Å²) in [6, 6.07) is 15.9. The minimum Gasteiger partial charge on any atom is -0.409 e. The predicted molar refractivity (Wildman–Crippen MR) is 87.7 cm³/mol. The van der Waals surface area contributed by atoms with Gasteiger partial charge in [0.2, 0.25) is 0 Å². The summed E-state index contributed by atoms with van der Waals surface area (Å²) in [5.41, 5.74) is 8.62. The number of halogens is 1. The zero-order valence-electron chi connectivity index (χ0n) is 11.2. The van der Waals surface area contributed by atoms with Gasteiger partial charge in [-0.3, -0.25) is 0 Å². The monoisotopic (exact) mass is 343 g/mol. The Balaban J connectivity index is 2.05. The third-order valence-corrected chi connectivity index (χ3v) is 4.25. The third kappa shape index (κ3) is 2.64. The average Bonchev–Trinajstić information content (AvgIpc) is 2.91. The molecule has 0 bridgehead atoms. The molecule has 0 unspecified atom stereocenters. The lowest BCUT2D eigenvalue weighted by Crippen LogP contribution is -2.13. The highest BCUT2D eigenvalue weighted by Crippen LogP contribution is 2.22. The molecule has 3 N–H and O–H groups in total. The Bertz CT molecular complexity index is 823. The van der Waals surface area contributed by atoms with Crippen LogP contribution in [0.2, 0.25) is 0 Å². The zero-order valence-corrected chi connectivity index (χ0v) is 12.8. The molecule has 3 aromatic rings. The molecule has 21 heavy (non-hydrogen) atoms. The average molecular weight is 344 g/mol. The summed E-state index contributed by atoms with van der Waals surface area (Å²) in [5.74, 6) is 0.116.